The number of rotatable bonds is 7. The van der Waals surface area contributed by atoms with E-state index in [1.807, 2.05) is 121 Å². The molecule has 6 aromatic rings. The van der Waals surface area contributed by atoms with Crippen molar-refractivity contribution in [3.63, 3.8) is 0 Å². The Balaban J connectivity index is 1.51. The molecule has 1 aromatic heterocycles. The van der Waals surface area contributed by atoms with Crippen molar-refractivity contribution in [2.24, 2.45) is 15.7 Å². The highest BCUT2D eigenvalue weighted by molar-refractivity contribution is 6.01. The Bertz CT molecular complexity index is 2000. The first-order valence-electron chi connectivity index (χ1n) is 14.7. The number of aromatic nitrogens is 3. The second kappa shape index (κ2) is 13.8. The first-order valence-corrected chi connectivity index (χ1v) is 14.7. The van der Waals surface area contributed by atoms with Crippen LogP contribution in [0, 0.1) is 5.41 Å². The number of amidine groups is 1. The fourth-order valence-corrected chi connectivity index (χ4v) is 4.82. The molecule has 48 heavy (non-hydrogen) atoms. The predicted molar refractivity (Wildman–Crippen MR) is 181 cm³/mol. The number of guanidine groups is 1. The van der Waals surface area contributed by atoms with Crippen molar-refractivity contribution in [1.82, 2.24) is 15.0 Å². The van der Waals surface area contributed by atoms with Crippen molar-refractivity contribution in [1.29, 1.82) is 5.41 Å². The number of aliphatic imine (C=N–C) groups is 1. The van der Waals surface area contributed by atoms with E-state index in [2.05, 4.69) is 20.0 Å². The zero-order valence-electron chi connectivity index (χ0n) is 25.3. The van der Waals surface area contributed by atoms with Crippen LogP contribution in [0.3, 0.4) is 0 Å². The zero-order chi connectivity index (χ0) is 33.5. The van der Waals surface area contributed by atoms with Gasteiger partial charge < -0.3 is 5.73 Å². The topological polar surface area (TPSA) is 123 Å². The molecule has 0 amide bonds. The number of aromatic amines is 1. The van der Waals surface area contributed by atoms with Crippen molar-refractivity contribution in [3.8, 4) is 0 Å². The van der Waals surface area contributed by atoms with E-state index >= 15 is 0 Å². The third-order valence-corrected chi connectivity index (χ3v) is 7.05. The highest BCUT2D eigenvalue weighted by Gasteiger charge is 2.30. The van der Waals surface area contributed by atoms with Crippen LogP contribution in [0.15, 0.2) is 156 Å². The number of halogens is 3. The molecule has 4 N–H and O–H groups in total. The van der Waals surface area contributed by atoms with Crippen LogP contribution in [0.1, 0.15) is 11.1 Å². The third-order valence-electron chi connectivity index (χ3n) is 7.05. The largest absolute Gasteiger partial charge is 0.416 e. The Hall–Kier alpha value is -6.56. The van der Waals surface area contributed by atoms with Gasteiger partial charge in [-0.1, -0.05) is 84.9 Å². The van der Waals surface area contributed by atoms with Gasteiger partial charge in [-0.15, -0.1) is 0 Å². The van der Waals surface area contributed by atoms with Crippen molar-refractivity contribution < 1.29 is 13.2 Å². The summed E-state index contributed by atoms with van der Waals surface area (Å²) in [7, 11) is 0. The van der Waals surface area contributed by atoms with Gasteiger partial charge in [0.1, 0.15) is 5.84 Å². The van der Waals surface area contributed by atoms with Gasteiger partial charge >= 0.3 is 6.18 Å². The smallest absolute Gasteiger partial charge is 0.383 e. The van der Waals surface area contributed by atoms with Gasteiger partial charge in [-0.3, -0.25) is 20.2 Å². The van der Waals surface area contributed by atoms with Crippen molar-refractivity contribution in [2.75, 3.05) is 9.80 Å². The summed E-state index contributed by atoms with van der Waals surface area (Å²) < 4.78 is 39.5. The second-order valence-corrected chi connectivity index (χ2v) is 10.3. The number of H-pyrrole nitrogens is 1. The number of nitrogens with zero attached hydrogens (tertiary/aromatic N) is 6. The maximum atomic E-state index is 13.2. The summed E-state index contributed by atoms with van der Waals surface area (Å²) in [5.41, 5.74) is 8.58. The lowest BCUT2D eigenvalue weighted by Crippen LogP contribution is -2.28. The quantitative estimate of drug-likeness (QED) is 0.120. The summed E-state index contributed by atoms with van der Waals surface area (Å²) in [6, 6.07) is 41.8. The van der Waals surface area contributed by atoms with E-state index in [4.69, 9.17) is 16.1 Å². The van der Waals surface area contributed by atoms with Crippen LogP contribution in [0.5, 0.6) is 0 Å². The van der Waals surface area contributed by atoms with Crippen LogP contribution in [0.25, 0.3) is 0 Å². The van der Waals surface area contributed by atoms with Gasteiger partial charge in [-0.05, 0) is 60.7 Å². The summed E-state index contributed by atoms with van der Waals surface area (Å²) in [4.78, 5) is 24.7. The molecule has 238 valence electrons. The maximum Gasteiger partial charge on any atom is 0.416 e. The summed E-state index contributed by atoms with van der Waals surface area (Å²) >= 11 is 0. The lowest BCUT2D eigenvalue weighted by atomic mass is 10.1. The normalized spacial score (nSPS) is 12.1. The van der Waals surface area contributed by atoms with Gasteiger partial charge in [0.2, 0.25) is 23.5 Å². The number of anilines is 5. The fraction of sp³-hybridized carbons (Fsp3) is 0.0278. The van der Waals surface area contributed by atoms with E-state index in [1.165, 1.54) is 12.1 Å². The lowest BCUT2D eigenvalue weighted by Gasteiger charge is -2.23. The van der Waals surface area contributed by atoms with Crippen LogP contribution in [0.2, 0.25) is 0 Å². The van der Waals surface area contributed by atoms with Gasteiger partial charge in [-0.2, -0.15) is 33.1 Å². The first-order chi connectivity index (χ1) is 23.3. The highest BCUT2D eigenvalue weighted by atomic mass is 19.4. The molecule has 12 heteroatoms. The van der Waals surface area contributed by atoms with Gasteiger partial charge in [0, 0.05) is 28.3 Å². The monoisotopic (exact) mass is 643 g/mol. The lowest BCUT2D eigenvalue weighted by molar-refractivity contribution is -0.137. The number of para-hydroxylation sites is 4. The number of nitrogens with two attached hydrogens (primary N) is 1. The summed E-state index contributed by atoms with van der Waals surface area (Å²) in [5.74, 6) is -0.133. The molecule has 0 aliphatic carbocycles. The van der Waals surface area contributed by atoms with Crippen LogP contribution in [-0.4, -0.2) is 26.7 Å². The van der Waals surface area contributed by atoms with Crippen LogP contribution in [-0.2, 0) is 6.18 Å². The van der Waals surface area contributed by atoms with Gasteiger partial charge in [0.25, 0.3) is 0 Å². The average molecular weight is 644 g/mol. The van der Waals surface area contributed by atoms with E-state index in [1.54, 1.807) is 9.80 Å². The molecule has 0 aliphatic rings. The molecule has 0 spiro atoms. The molecule has 0 radical (unpaired) electrons. The van der Waals surface area contributed by atoms with Crippen molar-refractivity contribution in [3.05, 3.63) is 162 Å². The van der Waals surface area contributed by atoms with E-state index < -0.39 is 11.7 Å². The predicted octanol–water partition coefficient (Wildman–Crippen LogP) is 8.00. The molecule has 9 nitrogen and oxygen atoms in total. The molecular weight excluding hydrogens is 615 g/mol. The number of alkyl halides is 3. The summed E-state index contributed by atoms with van der Waals surface area (Å²) in [5, 5.41) is 9.09. The second-order valence-electron chi connectivity index (χ2n) is 10.3. The molecule has 6 rings (SSSR count). The number of nitrogens with one attached hydrogen (secondary N) is 2. The van der Waals surface area contributed by atoms with Crippen molar-refractivity contribution >= 4 is 46.4 Å². The molecule has 0 fully saturated rings. The molecule has 5 aromatic carbocycles. The van der Waals surface area contributed by atoms with E-state index in [0.29, 0.717) is 11.4 Å². The maximum absolute atomic E-state index is 13.2. The van der Waals surface area contributed by atoms with Crippen LogP contribution >= 0.6 is 0 Å². The standard InChI is InChI=1S/C36H28F3N9/c37-36(38,39)26-23-21-25(22-24-26)31(40)42-33-44-34(43-32(41)47(27-13-5-1-6-14-27)28-15-7-2-8-16-28)46-35(45-33)48(29-17-9-3-10-18-29)30-19-11-4-12-20-30/h1-24H,(H4,40,41,42,43,44,45,46). The minimum atomic E-state index is -4.49. The Morgan fingerprint density at radius 2 is 1.10 bits per heavy atom. The Labute approximate surface area is 273 Å². The number of hydrogen-bond acceptors (Lipinski definition) is 5. The SMILES string of the molecule is N=C(N=c1nc(N(c2ccccc2)c2ccccc2)nc(N=C(N)c2ccc(C(F)(F)F)cc2)[nH]1)N(c1ccccc1)c1ccccc1. The fourth-order valence-electron chi connectivity index (χ4n) is 4.82. The molecule has 0 bridgehead atoms. The van der Waals surface area contributed by atoms with E-state index in [-0.39, 0.29) is 34.9 Å². The van der Waals surface area contributed by atoms with Gasteiger partial charge in [-0.25, -0.2) is 0 Å². The van der Waals surface area contributed by atoms with Gasteiger partial charge in [0.15, 0.2) is 0 Å². The summed E-state index contributed by atoms with van der Waals surface area (Å²) in [6.45, 7) is 0. The zero-order valence-corrected chi connectivity index (χ0v) is 25.3. The Morgan fingerprint density at radius 3 is 1.56 bits per heavy atom. The minimum absolute atomic E-state index is 0.0160. The molecule has 0 aliphatic heterocycles. The average Bonchev–Trinajstić information content (AvgIpc) is 3.10. The molecule has 1 heterocycles. The Kier molecular flexibility index (Phi) is 9.05. The molecular formula is C36H28F3N9. The Morgan fingerprint density at radius 1 is 0.646 bits per heavy atom. The molecule has 0 unspecified atom stereocenters. The minimum Gasteiger partial charge on any atom is -0.383 e. The van der Waals surface area contributed by atoms with E-state index in [0.717, 1.165) is 23.5 Å². The molecule has 0 atom stereocenters. The molecule has 0 saturated heterocycles. The third kappa shape index (κ3) is 7.29. The van der Waals surface area contributed by atoms with E-state index in [9.17, 15) is 13.2 Å². The molecule has 0 saturated carbocycles. The van der Waals surface area contributed by atoms with Crippen LogP contribution in [0.4, 0.5) is 47.8 Å². The summed E-state index contributed by atoms with van der Waals surface area (Å²) in [6.07, 6.45) is -4.49. The van der Waals surface area contributed by atoms with Gasteiger partial charge in [0.05, 0.1) is 5.56 Å². The number of hydrogen-bond donors (Lipinski definition) is 3. The van der Waals surface area contributed by atoms with Crippen molar-refractivity contribution in [2.45, 2.75) is 6.18 Å². The van der Waals surface area contributed by atoms with Crippen LogP contribution < -0.4 is 21.2 Å². The number of benzene rings is 5. The first kappa shape index (κ1) is 31.4. The highest BCUT2D eigenvalue weighted by Crippen LogP contribution is 2.32.